The molecule has 0 spiro atoms. The van der Waals surface area contributed by atoms with Crippen molar-refractivity contribution in [1.29, 1.82) is 0 Å². The second kappa shape index (κ2) is 4.68. The molecular formula is C14H19N5O. The van der Waals surface area contributed by atoms with Gasteiger partial charge in [-0.2, -0.15) is 5.21 Å². The number of hydrogen-bond donors (Lipinski definition) is 2. The fourth-order valence-electron chi connectivity index (χ4n) is 3.84. The van der Waals surface area contributed by atoms with E-state index in [0.29, 0.717) is 5.82 Å². The summed E-state index contributed by atoms with van der Waals surface area (Å²) in [5.74, 6) is 3.39. The second-order valence-electron chi connectivity index (χ2n) is 6.34. The number of amides is 1. The van der Waals surface area contributed by atoms with Crippen molar-refractivity contribution in [2.75, 3.05) is 6.54 Å². The number of carbonyl (C=O) groups excluding carboxylic acids is 1. The van der Waals surface area contributed by atoms with Crippen LogP contribution in [0.4, 0.5) is 0 Å². The van der Waals surface area contributed by atoms with Crippen molar-refractivity contribution >= 4 is 5.91 Å². The first-order valence-corrected chi connectivity index (χ1v) is 7.50. The number of aromatic nitrogens is 4. The zero-order valence-corrected chi connectivity index (χ0v) is 11.3. The SMILES string of the molecule is O=C(NCC[C@@H]1C[C@@H]2C=C[C@H]1C2)[C@@H]1C[C@@H]1c1nn[nH]n1. The molecule has 1 aromatic rings. The molecule has 6 heteroatoms. The third kappa shape index (κ3) is 2.13. The van der Waals surface area contributed by atoms with Gasteiger partial charge in [-0.1, -0.05) is 17.4 Å². The van der Waals surface area contributed by atoms with E-state index in [4.69, 9.17) is 0 Å². The number of H-pyrrole nitrogens is 1. The first kappa shape index (κ1) is 12.1. The molecule has 2 saturated carbocycles. The minimum atomic E-state index is 0.0486. The lowest BCUT2D eigenvalue weighted by atomic mass is 9.91. The van der Waals surface area contributed by atoms with Crippen LogP contribution >= 0.6 is 0 Å². The Hall–Kier alpha value is -1.72. The number of tetrazole rings is 1. The summed E-state index contributed by atoms with van der Waals surface area (Å²) in [6.45, 7) is 0.802. The summed E-state index contributed by atoms with van der Waals surface area (Å²) < 4.78 is 0. The van der Waals surface area contributed by atoms with Crippen LogP contribution in [0.5, 0.6) is 0 Å². The standard InChI is InChI=1S/C14H19N5O/c20-14(12-7-11(12)13-16-18-19-17-13)15-4-3-10-6-8-1-2-9(10)5-8/h1-2,8-12H,3-7H2,(H,15,20)(H,16,17,18,19)/t8-,9+,10-,11+,12-/m1/s1. The molecule has 2 fully saturated rings. The second-order valence-corrected chi connectivity index (χ2v) is 6.34. The first-order valence-electron chi connectivity index (χ1n) is 7.50. The van der Waals surface area contributed by atoms with Crippen LogP contribution in [0, 0.1) is 23.7 Å². The van der Waals surface area contributed by atoms with Crippen molar-refractivity contribution in [3.05, 3.63) is 18.0 Å². The van der Waals surface area contributed by atoms with E-state index >= 15 is 0 Å². The van der Waals surface area contributed by atoms with E-state index in [-0.39, 0.29) is 17.7 Å². The third-order valence-corrected chi connectivity index (χ3v) is 5.05. The van der Waals surface area contributed by atoms with Gasteiger partial charge in [0.05, 0.1) is 0 Å². The maximum absolute atomic E-state index is 12.0. The summed E-state index contributed by atoms with van der Waals surface area (Å²) in [6, 6.07) is 0. The van der Waals surface area contributed by atoms with Gasteiger partial charge < -0.3 is 5.32 Å². The lowest BCUT2D eigenvalue weighted by Gasteiger charge is -2.17. The Bertz CT molecular complexity index is 526. The summed E-state index contributed by atoms with van der Waals surface area (Å²) in [7, 11) is 0. The molecule has 20 heavy (non-hydrogen) atoms. The molecule has 0 unspecified atom stereocenters. The Labute approximate surface area is 117 Å². The molecule has 1 amide bonds. The Balaban J connectivity index is 1.21. The number of allylic oxidation sites excluding steroid dienone is 2. The number of aromatic amines is 1. The highest BCUT2D eigenvalue weighted by molar-refractivity contribution is 5.82. The minimum absolute atomic E-state index is 0.0486. The molecule has 0 saturated heterocycles. The number of fused-ring (bicyclic) bond motifs is 2. The summed E-state index contributed by atoms with van der Waals surface area (Å²) in [6.07, 6.45) is 9.33. The lowest BCUT2D eigenvalue weighted by Crippen LogP contribution is -2.28. The molecule has 1 aromatic heterocycles. The molecule has 2 N–H and O–H groups in total. The van der Waals surface area contributed by atoms with Gasteiger partial charge in [0.2, 0.25) is 5.91 Å². The van der Waals surface area contributed by atoms with Gasteiger partial charge in [-0.05, 0) is 43.4 Å². The maximum atomic E-state index is 12.0. The highest BCUT2D eigenvalue weighted by Crippen LogP contribution is 2.46. The molecular weight excluding hydrogens is 254 g/mol. The number of hydrogen-bond acceptors (Lipinski definition) is 4. The zero-order valence-electron chi connectivity index (χ0n) is 11.3. The van der Waals surface area contributed by atoms with Gasteiger partial charge in [0, 0.05) is 18.4 Å². The number of nitrogens with one attached hydrogen (secondary N) is 2. The summed E-state index contributed by atoms with van der Waals surface area (Å²) in [5.41, 5.74) is 0. The predicted octanol–water partition coefficient (Wildman–Crippen LogP) is 1.02. The van der Waals surface area contributed by atoms with E-state index in [1.165, 1.54) is 12.8 Å². The van der Waals surface area contributed by atoms with Crippen LogP contribution in [-0.4, -0.2) is 33.1 Å². The quantitative estimate of drug-likeness (QED) is 0.785. The number of carbonyl (C=O) groups is 1. The topological polar surface area (TPSA) is 83.6 Å². The Morgan fingerprint density at radius 1 is 1.35 bits per heavy atom. The fraction of sp³-hybridized carbons (Fsp3) is 0.714. The molecule has 4 rings (SSSR count). The Kier molecular flexibility index (Phi) is 2.82. The van der Waals surface area contributed by atoms with E-state index in [1.54, 1.807) is 0 Å². The summed E-state index contributed by atoms with van der Waals surface area (Å²) in [4.78, 5) is 12.0. The first-order chi connectivity index (χ1) is 9.81. The van der Waals surface area contributed by atoms with Crippen LogP contribution in [0.1, 0.15) is 37.4 Å². The van der Waals surface area contributed by atoms with Gasteiger partial charge in [0.1, 0.15) is 0 Å². The molecule has 0 aliphatic heterocycles. The maximum Gasteiger partial charge on any atom is 0.223 e. The molecule has 3 aliphatic rings. The van der Waals surface area contributed by atoms with Gasteiger partial charge >= 0.3 is 0 Å². The van der Waals surface area contributed by atoms with Crippen LogP contribution in [0.3, 0.4) is 0 Å². The largest absolute Gasteiger partial charge is 0.356 e. The van der Waals surface area contributed by atoms with Crippen LogP contribution in [0.2, 0.25) is 0 Å². The molecule has 0 aromatic carbocycles. The van der Waals surface area contributed by atoms with Gasteiger partial charge in [-0.15, -0.1) is 10.2 Å². The average molecular weight is 273 g/mol. The van der Waals surface area contributed by atoms with Crippen molar-refractivity contribution in [1.82, 2.24) is 25.9 Å². The molecule has 5 atom stereocenters. The molecule has 0 radical (unpaired) electrons. The van der Waals surface area contributed by atoms with E-state index in [2.05, 4.69) is 38.1 Å². The van der Waals surface area contributed by atoms with E-state index in [0.717, 1.165) is 37.1 Å². The monoisotopic (exact) mass is 273 g/mol. The van der Waals surface area contributed by atoms with Crippen LogP contribution in [0.25, 0.3) is 0 Å². The highest BCUT2D eigenvalue weighted by atomic mass is 16.2. The van der Waals surface area contributed by atoms with Crippen molar-refractivity contribution in [2.24, 2.45) is 23.7 Å². The van der Waals surface area contributed by atoms with Crippen LogP contribution in [0.15, 0.2) is 12.2 Å². The Morgan fingerprint density at radius 3 is 3.00 bits per heavy atom. The summed E-state index contributed by atoms with van der Waals surface area (Å²) in [5, 5.41) is 16.9. The van der Waals surface area contributed by atoms with Crippen molar-refractivity contribution in [2.45, 2.75) is 31.6 Å². The average Bonchev–Trinajstić information content (AvgIpc) is 2.89. The lowest BCUT2D eigenvalue weighted by molar-refractivity contribution is -0.122. The molecule has 6 nitrogen and oxygen atoms in total. The van der Waals surface area contributed by atoms with Gasteiger partial charge in [0.15, 0.2) is 5.82 Å². The predicted molar refractivity (Wildman–Crippen MR) is 71.5 cm³/mol. The van der Waals surface area contributed by atoms with Crippen LogP contribution < -0.4 is 5.32 Å². The molecule has 2 bridgehead atoms. The summed E-state index contributed by atoms with van der Waals surface area (Å²) >= 11 is 0. The smallest absolute Gasteiger partial charge is 0.223 e. The van der Waals surface area contributed by atoms with E-state index < -0.39 is 0 Å². The molecule has 1 heterocycles. The Morgan fingerprint density at radius 2 is 2.30 bits per heavy atom. The van der Waals surface area contributed by atoms with Crippen LogP contribution in [-0.2, 0) is 4.79 Å². The molecule has 106 valence electrons. The third-order valence-electron chi connectivity index (χ3n) is 5.05. The minimum Gasteiger partial charge on any atom is -0.356 e. The van der Waals surface area contributed by atoms with Crippen molar-refractivity contribution in [3.8, 4) is 0 Å². The van der Waals surface area contributed by atoms with E-state index in [9.17, 15) is 4.79 Å². The van der Waals surface area contributed by atoms with Crippen molar-refractivity contribution < 1.29 is 4.79 Å². The molecule has 3 aliphatic carbocycles. The highest BCUT2D eigenvalue weighted by Gasteiger charge is 2.46. The van der Waals surface area contributed by atoms with Crippen molar-refractivity contribution in [3.63, 3.8) is 0 Å². The normalized spacial score (nSPS) is 37.3. The number of nitrogens with zero attached hydrogens (tertiary/aromatic N) is 3. The zero-order chi connectivity index (χ0) is 13.5. The van der Waals surface area contributed by atoms with Gasteiger partial charge in [-0.25, -0.2) is 0 Å². The van der Waals surface area contributed by atoms with Gasteiger partial charge in [-0.3, -0.25) is 4.79 Å². The fourth-order valence-corrected chi connectivity index (χ4v) is 3.84. The van der Waals surface area contributed by atoms with Gasteiger partial charge in [0.25, 0.3) is 0 Å². The number of rotatable bonds is 5. The van der Waals surface area contributed by atoms with E-state index in [1.807, 2.05) is 0 Å².